The largest absolute Gasteiger partial charge is 0.497 e. The van der Waals surface area contributed by atoms with Gasteiger partial charge in [0.15, 0.2) is 5.96 Å². The van der Waals surface area contributed by atoms with Crippen LogP contribution in [0.15, 0.2) is 47.5 Å². The molecule has 178 valence electrons. The molecule has 32 heavy (non-hydrogen) atoms. The summed E-state index contributed by atoms with van der Waals surface area (Å²) in [6.45, 7) is 5.32. The lowest BCUT2D eigenvalue weighted by molar-refractivity contribution is 0.182. The average molecular weight is 559 g/mol. The summed E-state index contributed by atoms with van der Waals surface area (Å²) in [4.78, 5) is 4.50. The van der Waals surface area contributed by atoms with Gasteiger partial charge in [-0.05, 0) is 44.2 Å². The fourth-order valence-electron chi connectivity index (χ4n) is 2.91. The number of aliphatic imine (C=N–C) groups is 1. The van der Waals surface area contributed by atoms with Crippen LogP contribution in [0, 0.1) is 0 Å². The normalized spacial score (nSPS) is 12.8. The van der Waals surface area contributed by atoms with Gasteiger partial charge in [0.1, 0.15) is 35.2 Å². The minimum absolute atomic E-state index is 0. The van der Waals surface area contributed by atoms with Crippen LogP contribution in [0.5, 0.6) is 23.0 Å². The number of guanidine groups is 1. The molecule has 2 unspecified atom stereocenters. The Morgan fingerprint density at radius 1 is 0.969 bits per heavy atom. The van der Waals surface area contributed by atoms with Crippen molar-refractivity contribution in [3.63, 3.8) is 0 Å². The van der Waals surface area contributed by atoms with Crippen LogP contribution in [0.1, 0.15) is 25.5 Å². The molecule has 0 saturated heterocycles. The van der Waals surface area contributed by atoms with Crippen molar-refractivity contribution in [3.8, 4) is 23.0 Å². The molecule has 0 aliphatic heterocycles. The summed E-state index contributed by atoms with van der Waals surface area (Å²) in [6, 6.07) is 12.8. The maximum absolute atomic E-state index is 10.7. The van der Waals surface area contributed by atoms with Gasteiger partial charge < -0.3 is 34.7 Å². The second kappa shape index (κ2) is 14.6. The zero-order valence-corrected chi connectivity index (χ0v) is 21.6. The van der Waals surface area contributed by atoms with Gasteiger partial charge in [-0.3, -0.25) is 4.99 Å². The van der Waals surface area contributed by atoms with E-state index in [0.717, 1.165) is 11.5 Å². The fourth-order valence-corrected chi connectivity index (χ4v) is 2.91. The molecular formula is C23H34IN3O5. The van der Waals surface area contributed by atoms with Gasteiger partial charge in [0.2, 0.25) is 0 Å². The number of hydrogen-bond donors (Lipinski definition) is 3. The molecule has 3 N–H and O–H groups in total. The van der Waals surface area contributed by atoms with Crippen LogP contribution in [-0.2, 0) is 0 Å². The zero-order chi connectivity index (χ0) is 22.6. The van der Waals surface area contributed by atoms with Gasteiger partial charge in [0.05, 0.1) is 34.4 Å². The molecule has 0 saturated carbocycles. The van der Waals surface area contributed by atoms with Crippen molar-refractivity contribution in [2.75, 3.05) is 41.0 Å². The molecule has 0 amide bonds. The number of benzene rings is 2. The van der Waals surface area contributed by atoms with Crippen molar-refractivity contribution >= 4 is 29.9 Å². The van der Waals surface area contributed by atoms with Crippen molar-refractivity contribution < 1.29 is 24.1 Å². The Morgan fingerprint density at radius 3 is 2.31 bits per heavy atom. The molecule has 0 spiro atoms. The van der Waals surface area contributed by atoms with Crippen LogP contribution in [0.4, 0.5) is 0 Å². The Hall–Kier alpha value is -2.40. The number of rotatable bonds is 11. The van der Waals surface area contributed by atoms with E-state index in [4.69, 9.17) is 18.9 Å². The third-order valence-corrected chi connectivity index (χ3v) is 4.50. The van der Waals surface area contributed by atoms with Gasteiger partial charge >= 0.3 is 0 Å². The lowest BCUT2D eigenvalue weighted by Crippen LogP contribution is -2.42. The summed E-state index contributed by atoms with van der Waals surface area (Å²) in [5.41, 5.74) is 0.621. The molecule has 0 heterocycles. The summed E-state index contributed by atoms with van der Waals surface area (Å²) >= 11 is 0. The predicted molar refractivity (Wildman–Crippen MR) is 137 cm³/mol. The molecule has 2 aromatic rings. The van der Waals surface area contributed by atoms with E-state index in [-0.39, 0.29) is 36.6 Å². The molecule has 0 aliphatic rings. The van der Waals surface area contributed by atoms with Crippen molar-refractivity contribution in [1.82, 2.24) is 10.6 Å². The summed E-state index contributed by atoms with van der Waals surface area (Å²) < 4.78 is 21.8. The Bertz CT molecular complexity index is 850. The van der Waals surface area contributed by atoms with E-state index in [0.29, 0.717) is 36.1 Å². The molecular weight excluding hydrogens is 525 g/mol. The highest BCUT2D eigenvalue weighted by Gasteiger charge is 2.15. The van der Waals surface area contributed by atoms with Crippen LogP contribution in [-0.4, -0.2) is 58.1 Å². The van der Waals surface area contributed by atoms with Crippen LogP contribution in [0.25, 0.3) is 0 Å². The Labute approximate surface area is 207 Å². The number of aliphatic hydroxyl groups excluding tert-OH is 1. The SMILES string of the molecule is CCNC(=NCC(O)c1cc(OC)ccc1OC)NCC(C)Oc1cccc(OC)c1.I. The molecule has 0 bridgehead atoms. The first-order valence-corrected chi connectivity index (χ1v) is 10.2. The van der Waals surface area contributed by atoms with Crippen LogP contribution in [0.2, 0.25) is 0 Å². The van der Waals surface area contributed by atoms with E-state index < -0.39 is 6.10 Å². The quantitative estimate of drug-likeness (QED) is 0.221. The van der Waals surface area contributed by atoms with Gasteiger partial charge in [-0.2, -0.15) is 0 Å². The second-order valence-corrected chi connectivity index (χ2v) is 6.83. The number of ether oxygens (including phenoxy) is 4. The van der Waals surface area contributed by atoms with Crippen molar-refractivity contribution in [2.45, 2.75) is 26.1 Å². The molecule has 8 nitrogen and oxygen atoms in total. The first-order valence-electron chi connectivity index (χ1n) is 10.2. The first-order chi connectivity index (χ1) is 15.0. The number of halogens is 1. The molecule has 0 fully saturated rings. The van der Waals surface area contributed by atoms with E-state index >= 15 is 0 Å². The molecule has 2 aromatic carbocycles. The zero-order valence-electron chi connectivity index (χ0n) is 19.3. The van der Waals surface area contributed by atoms with Crippen LogP contribution >= 0.6 is 24.0 Å². The number of hydrogen-bond acceptors (Lipinski definition) is 6. The van der Waals surface area contributed by atoms with Gasteiger partial charge in [-0.15, -0.1) is 24.0 Å². The summed E-state index contributed by atoms with van der Waals surface area (Å²) in [5.74, 6) is 3.30. The Morgan fingerprint density at radius 2 is 1.66 bits per heavy atom. The Balaban J connectivity index is 0.00000512. The monoisotopic (exact) mass is 559 g/mol. The van der Waals surface area contributed by atoms with Crippen molar-refractivity contribution in [3.05, 3.63) is 48.0 Å². The van der Waals surface area contributed by atoms with E-state index in [9.17, 15) is 5.11 Å². The molecule has 0 radical (unpaired) electrons. The Kier molecular flexibility index (Phi) is 12.6. The molecule has 2 rings (SSSR count). The highest BCUT2D eigenvalue weighted by molar-refractivity contribution is 14.0. The lowest BCUT2D eigenvalue weighted by atomic mass is 10.1. The third kappa shape index (κ3) is 8.62. The standard InChI is InChI=1S/C23H33N3O5.HI/c1-6-24-23(25-14-16(2)31-19-9-7-8-17(12-19)28-3)26-15-21(27)20-13-18(29-4)10-11-22(20)30-5;/h7-13,16,21,27H,6,14-15H2,1-5H3,(H2,24,25,26);1H. The van der Waals surface area contributed by atoms with Gasteiger partial charge in [-0.25, -0.2) is 0 Å². The van der Waals surface area contributed by atoms with Gasteiger partial charge in [-0.1, -0.05) is 6.07 Å². The maximum Gasteiger partial charge on any atom is 0.191 e. The van der Waals surface area contributed by atoms with Crippen molar-refractivity contribution in [1.29, 1.82) is 0 Å². The third-order valence-electron chi connectivity index (χ3n) is 4.50. The lowest BCUT2D eigenvalue weighted by Gasteiger charge is -2.19. The second-order valence-electron chi connectivity index (χ2n) is 6.83. The highest BCUT2D eigenvalue weighted by Crippen LogP contribution is 2.29. The minimum Gasteiger partial charge on any atom is -0.497 e. The number of aliphatic hydroxyl groups is 1. The highest BCUT2D eigenvalue weighted by atomic mass is 127. The maximum atomic E-state index is 10.7. The summed E-state index contributed by atoms with van der Waals surface area (Å²) in [5, 5.41) is 17.1. The fraction of sp³-hybridized carbons (Fsp3) is 0.435. The smallest absolute Gasteiger partial charge is 0.191 e. The van der Waals surface area contributed by atoms with E-state index in [2.05, 4.69) is 15.6 Å². The molecule has 9 heteroatoms. The summed E-state index contributed by atoms with van der Waals surface area (Å²) in [6.07, 6.45) is -0.953. The molecule has 0 aromatic heterocycles. The van der Waals surface area contributed by atoms with Gasteiger partial charge in [0, 0.05) is 18.2 Å². The van der Waals surface area contributed by atoms with E-state index in [1.807, 2.05) is 38.1 Å². The molecule has 2 atom stereocenters. The predicted octanol–water partition coefficient (Wildman–Crippen LogP) is 3.39. The van der Waals surface area contributed by atoms with E-state index in [1.54, 1.807) is 39.5 Å². The minimum atomic E-state index is -0.842. The number of methoxy groups -OCH3 is 3. The first kappa shape index (κ1) is 27.6. The average Bonchev–Trinajstić information content (AvgIpc) is 2.80. The van der Waals surface area contributed by atoms with E-state index in [1.165, 1.54) is 0 Å². The van der Waals surface area contributed by atoms with Crippen molar-refractivity contribution in [2.24, 2.45) is 4.99 Å². The van der Waals surface area contributed by atoms with Gasteiger partial charge in [0.25, 0.3) is 0 Å². The summed E-state index contributed by atoms with van der Waals surface area (Å²) in [7, 11) is 4.77. The van der Waals surface area contributed by atoms with Crippen LogP contribution < -0.4 is 29.6 Å². The topological polar surface area (TPSA) is 93.6 Å². The van der Waals surface area contributed by atoms with Crippen LogP contribution in [0.3, 0.4) is 0 Å². The number of nitrogens with zero attached hydrogens (tertiary/aromatic N) is 1. The molecule has 0 aliphatic carbocycles. The number of nitrogens with one attached hydrogen (secondary N) is 2.